The summed E-state index contributed by atoms with van der Waals surface area (Å²) in [5.41, 5.74) is 4.11. The van der Waals surface area contributed by atoms with Gasteiger partial charge < -0.3 is 14.5 Å². The second-order valence-electron chi connectivity index (χ2n) is 8.16. The van der Waals surface area contributed by atoms with E-state index in [0.29, 0.717) is 54.5 Å². The van der Waals surface area contributed by atoms with E-state index >= 15 is 0 Å². The summed E-state index contributed by atoms with van der Waals surface area (Å²) in [5.74, 6) is 0.547. The van der Waals surface area contributed by atoms with Crippen LogP contribution in [0.5, 0.6) is 5.75 Å². The van der Waals surface area contributed by atoms with E-state index in [1.807, 2.05) is 13.0 Å². The van der Waals surface area contributed by atoms with E-state index in [9.17, 15) is 4.79 Å². The number of fused-ring (bicyclic) bond motifs is 1. The summed E-state index contributed by atoms with van der Waals surface area (Å²) in [6.45, 7) is 1.89. The largest absolute Gasteiger partial charge is 0.495 e. The number of hydrogen-bond donors (Lipinski definition) is 2. The highest BCUT2D eigenvalue weighted by Gasteiger charge is 2.17. The summed E-state index contributed by atoms with van der Waals surface area (Å²) in [7, 11) is 1.55. The molecule has 38 heavy (non-hydrogen) atoms. The van der Waals surface area contributed by atoms with Gasteiger partial charge in [0, 0.05) is 16.3 Å². The van der Waals surface area contributed by atoms with Crippen LogP contribution in [0.15, 0.2) is 65.1 Å². The van der Waals surface area contributed by atoms with Crippen molar-refractivity contribution in [3.63, 3.8) is 0 Å². The number of rotatable bonds is 5. The van der Waals surface area contributed by atoms with Crippen molar-refractivity contribution >= 4 is 74.8 Å². The van der Waals surface area contributed by atoms with Crippen LogP contribution in [-0.2, 0) is 0 Å². The SMILES string of the molecule is COc1ccc(-n2nc3cc(C)c(NC(=S)NC(=O)c4ccc(-c5ccc(Cl)cc5Cl)o4)cc3n2)cc1Cl. The van der Waals surface area contributed by atoms with Crippen molar-refractivity contribution in [2.45, 2.75) is 6.92 Å². The molecule has 0 fully saturated rings. The molecule has 0 aliphatic carbocycles. The quantitative estimate of drug-likeness (QED) is 0.212. The first-order valence-corrected chi connectivity index (χ1v) is 12.7. The Morgan fingerprint density at radius 1 is 0.974 bits per heavy atom. The lowest BCUT2D eigenvalue weighted by atomic mass is 10.2. The predicted octanol–water partition coefficient (Wildman–Crippen LogP) is 7.08. The summed E-state index contributed by atoms with van der Waals surface area (Å²) in [5, 5.41) is 16.2. The maximum atomic E-state index is 12.7. The van der Waals surface area contributed by atoms with Gasteiger partial charge in [0.2, 0.25) is 0 Å². The van der Waals surface area contributed by atoms with Crippen LogP contribution in [0.25, 0.3) is 28.0 Å². The molecular formula is C26H18Cl3N5O3S. The number of carbonyl (C=O) groups is 1. The number of aryl methyl sites for hydroxylation is 1. The molecule has 5 rings (SSSR count). The number of halogens is 3. The van der Waals surface area contributed by atoms with Crippen molar-refractivity contribution in [1.29, 1.82) is 0 Å². The van der Waals surface area contributed by atoms with Gasteiger partial charge in [-0.25, -0.2) is 0 Å². The van der Waals surface area contributed by atoms with Gasteiger partial charge >= 0.3 is 0 Å². The van der Waals surface area contributed by atoms with Crippen LogP contribution in [0.1, 0.15) is 16.1 Å². The smallest absolute Gasteiger partial charge is 0.293 e. The molecule has 0 spiro atoms. The maximum absolute atomic E-state index is 12.7. The molecule has 0 radical (unpaired) electrons. The van der Waals surface area contributed by atoms with Gasteiger partial charge in [-0.05, 0) is 85.4 Å². The van der Waals surface area contributed by atoms with Crippen molar-refractivity contribution in [3.05, 3.63) is 87.1 Å². The van der Waals surface area contributed by atoms with E-state index in [4.69, 9.17) is 56.2 Å². The number of nitrogens with zero attached hydrogens (tertiary/aromatic N) is 3. The number of methoxy groups -OCH3 is 1. The molecule has 0 saturated heterocycles. The van der Waals surface area contributed by atoms with Gasteiger partial charge in [-0.2, -0.15) is 4.80 Å². The van der Waals surface area contributed by atoms with Gasteiger partial charge in [0.25, 0.3) is 5.91 Å². The number of aromatic nitrogens is 3. The number of amides is 1. The Labute approximate surface area is 237 Å². The van der Waals surface area contributed by atoms with Gasteiger partial charge in [-0.1, -0.05) is 34.8 Å². The monoisotopic (exact) mass is 585 g/mol. The number of thiocarbonyl (C=S) groups is 1. The third-order valence-corrected chi connectivity index (χ3v) is 6.64. The Bertz CT molecular complexity index is 1720. The first-order valence-electron chi connectivity index (χ1n) is 11.1. The van der Waals surface area contributed by atoms with Gasteiger partial charge in [0.05, 0.1) is 22.8 Å². The highest BCUT2D eigenvalue weighted by atomic mass is 35.5. The molecule has 0 aliphatic heterocycles. The molecule has 1 amide bonds. The molecule has 12 heteroatoms. The molecule has 0 bridgehead atoms. The molecule has 5 aromatic rings. The fourth-order valence-electron chi connectivity index (χ4n) is 3.71. The molecule has 0 saturated carbocycles. The lowest BCUT2D eigenvalue weighted by molar-refractivity contribution is 0.0951. The van der Waals surface area contributed by atoms with Crippen LogP contribution in [-0.4, -0.2) is 33.1 Å². The van der Waals surface area contributed by atoms with E-state index in [2.05, 4.69) is 20.8 Å². The normalized spacial score (nSPS) is 11.0. The molecule has 192 valence electrons. The van der Waals surface area contributed by atoms with E-state index < -0.39 is 5.91 Å². The minimum atomic E-state index is -0.514. The van der Waals surface area contributed by atoms with Crippen LogP contribution in [0.2, 0.25) is 15.1 Å². The second kappa shape index (κ2) is 10.6. The standard InChI is InChI=1S/C26H18Cl3N5O3S/c1-13-9-20-21(33-34(32-20)15-4-6-23(36-2)18(29)11-15)12-19(13)30-26(38)31-25(35)24-8-7-22(37-24)16-5-3-14(27)10-17(16)28/h3-12H,1-2H3,(H2,30,31,35,38). The number of furan rings is 1. The minimum absolute atomic E-state index is 0.0726. The Morgan fingerprint density at radius 3 is 2.45 bits per heavy atom. The lowest BCUT2D eigenvalue weighted by Crippen LogP contribution is -2.34. The average Bonchev–Trinajstić information content (AvgIpc) is 3.52. The van der Waals surface area contributed by atoms with Crippen LogP contribution < -0.4 is 15.4 Å². The number of hydrogen-bond acceptors (Lipinski definition) is 6. The summed E-state index contributed by atoms with van der Waals surface area (Å²) in [4.78, 5) is 14.2. The fraction of sp³-hybridized carbons (Fsp3) is 0.0769. The zero-order valence-corrected chi connectivity index (χ0v) is 23.0. The second-order valence-corrected chi connectivity index (χ2v) is 9.82. The van der Waals surface area contributed by atoms with Gasteiger partial charge in [-0.3, -0.25) is 10.1 Å². The molecule has 0 aliphatic rings. The number of carbonyl (C=O) groups excluding carboxylic acids is 1. The first-order chi connectivity index (χ1) is 18.2. The molecule has 2 heterocycles. The summed E-state index contributed by atoms with van der Waals surface area (Å²) < 4.78 is 10.9. The van der Waals surface area contributed by atoms with E-state index in [1.165, 1.54) is 4.80 Å². The van der Waals surface area contributed by atoms with Crippen molar-refractivity contribution in [3.8, 4) is 22.8 Å². The van der Waals surface area contributed by atoms with Gasteiger partial charge in [0.15, 0.2) is 10.9 Å². The van der Waals surface area contributed by atoms with E-state index in [0.717, 1.165) is 5.56 Å². The Balaban J connectivity index is 1.30. The third kappa shape index (κ3) is 5.32. The van der Waals surface area contributed by atoms with E-state index in [1.54, 1.807) is 61.7 Å². The molecule has 2 N–H and O–H groups in total. The van der Waals surface area contributed by atoms with Crippen molar-refractivity contribution in [2.24, 2.45) is 0 Å². The Hall–Kier alpha value is -3.63. The van der Waals surface area contributed by atoms with Crippen LogP contribution in [0.3, 0.4) is 0 Å². The van der Waals surface area contributed by atoms with Crippen molar-refractivity contribution in [1.82, 2.24) is 20.3 Å². The Morgan fingerprint density at radius 2 is 1.74 bits per heavy atom. The van der Waals surface area contributed by atoms with Gasteiger partial charge in [-0.15, -0.1) is 10.2 Å². The highest BCUT2D eigenvalue weighted by Crippen LogP contribution is 2.32. The molecular weight excluding hydrogens is 569 g/mol. The number of anilines is 1. The average molecular weight is 587 g/mol. The predicted molar refractivity (Wildman–Crippen MR) is 153 cm³/mol. The lowest BCUT2D eigenvalue weighted by Gasteiger charge is -2.11. The number of nitrogens with one attached hydrogen (secondary N) is 2. The Kier molecular flexibility index (Phi) is 7.27. The number of ether oxygens (including phenoxy) is 1. The molecule has 8 nitrogen and oxygen atoms in total. The molecule has 0 unspecified atom stereocenters. The van der Waals surface area contributed by atoms with Gasteiger partial charge in [0.1, 0.15) is 22.5 Å². The topological polar surface area (TPSA) is 94.2 Å². The van der Waals surface area contributed by atoms with Crippen molar-refractivity contribution in [2.75, 3.05) is 12.4 Å². The summed E-state index contributed by atoms with van der Waals surface area (Å²) in [6.07, 6.45) is 0. The zero-order chi connectivity index (χ0) is 27.0. The highest BCUT2D eigenvalue weighted by molar-refractivity contribution is 7.80. The summed E-state index contributed by atoms with van der Waals surface area (Å²) >= 11 is 23.8. The minimum Gasteiger partial charge on any atom is -0.495 e. The van der Waals surface area contributed by atoms with Crippen molar-refractivity contribution < 1.29 is 13.9 Å². The maximum Gasteiger partial charge on any atom is 0.293 e. The molecule has 0 atom stereocenters. The van der Waals surface area contributed by atoms with E-state index in [-0.39, 0.29) is 10.9 Å². The van der Waals surface area contributed by atoms with Crippen LogP contribution >= 0.6 is 47.0 Å². The molecule has 3 aromatic carbocycles. The fourth-order valence-corrected chi connectivity index (χ4v) is 4.67. The zero-order valence-electron chi connectivity index (χ0n) is 19.9. The molecule has 2 aromatic heterocycles. The first kappa shape index (κ1) is 26.0. The van der Waals surface area contributed by atoms with Crippen LogP contribution in [0.4, 0.5) is 5.69 Å². The van der Waals surface area contributed by atoms with Crippen LogP contribution in [0, 0.1) is 6.92 Å². The third-order valence-electron chi connectivity index (χ3n) is 5.59. The number of benzene rings is 3. The summed E-state index contributed by atoms with van der Waals surface area (Å²) in [6, 6.07) is 17.1.